The van der Waals surface area contributed by atoms with Crippen molar-refractivity contribution in [1.82, 2.24) is 45.9 Å². The monoisotopic (exact) mass is 1010 g/mol. The molecule has 4 unspecified atom stereocenters. The van der Waals surface area contributed by atoms with Crippen LogP contribution in [0.4, 0.5) is 11.6 Å². The minimum atomic E-state index is -0.763. The molecule has 20 heteroatoms. The highest BCUT2D eigenvalue weighted by molar-refractivity contribution is 5.80. The van der Waals surface area contributed by atoms with E-state index in [0.717, 1.165) is 77.6 Å². The van der Waals surface area contributed by atoms with E-state index in [1.165, 1.54) is 0 Å². The summed E-state index contributed by atoms with van der Waals surface area (Å²) >= 11 is 0. The summed E-state index contributed by atoms with van der Waals surface area (Å²) in [5.41, 5.74) is 7.44. The van der Waals surface area contributed by atoms with Crippen molar-refractivity contribution in [1.29, 1.82) is 0 Å². The molecule has 5 N–H and O–H groups in total. The number of aromatic nitrogens is 6. The Morgan fingerprint density at radius 3 is 2.23 bits per heavy atom. The fraction of sp³-hybridized carbons (Fsp3) is 0.500. The zero-order chi connectivity index (χ0) is 51.6. The molecule has 74 heavy (non-hydrogen) atoms. The van der Waals surface area contributed by atoms with Gasteiger partial charge < -0.3 is 59.6 Å². The molecule has 4 atom stereocenters. The number of aryl methyl sites for hydroxylation is 3. The average Bonchev–Trinajstić information content (AvgIpc) is 4.21. The maximum absolute atomic E-state index is 13.6. The van der Waals surface area contributed by atoms with E-state index in [9.17, 15) is 15.0 Å². The van der Waals surface area contributed by atoms with Gasteiger partial charge in [-0.1, -0.05) is 17.3 Å². The number of nitrogens with one attached hydrogen (secondary N) is 3. The zero-order valence-electron chi connectivity index (χ0n) is 43.5. The molecule has 20 nitrogen and oxygen atoms in total. The van der Waals surface area contributed by atoms with E-state index in [1.54, 1.807) is 18.8 Å². The molecule has 0 aliphatic carbocycles. The summed E-state index contributed by atoms with van der Waals surface area (Å²) in [6.45, 7) is 16.0. The van der Waals surface area contributed by atoms with Crippen LogP contribution in [0.15, 0.2) is 57.6 Å². The summed E-state index contributed by atoms with van der Waals surface area (Å²) < 4.78 is 32.2. The minimum Gasteiger partial charge on any atom is -0.491 e. The summed E-state index contributed by atoms with van der Waals surface area (Å²) in [5, 5.41) is 35.1. The Morgan fingerprint density at radius 2 is 1.55 bits per heavy atom. The Kier molecular flexibility index (Phi) is 15.2. The normalized spacial score (nSPS) is 18.9. The maximum Gasteiger partial charge on any atom is 0.262 e. The second kappa shape index (κ2) is 22.1. The SMILES string of the molecule is CNCC(O)COc1cccc(-c2nc(-c3c(C)o[n+](-c4cc(OCC(O)CNC)cc(-c5nc(-c6c(C)noc6C)cc(N6CC7CC6CN7)n5)c4)c3C)c(C)c(N3CCN(C(=O)C4CCOCC4)CC3)n2)c1. The van der Waals surface area contributed by atoms with Crippen LogP contribution in [-0.4, -0.2) is 163 Å². The molecule has 0 radical (unpaired) electrons. The Balaban J connectivity index is 1.06. The van der Waals surface area contributed by atoms with Crippen molar-refractivity contribution in [2.45, 2.75) is 78.2 Å². The molecule has 10 rings (SSSR count). The lowest BCUT2D eigenvalue weighted by Crippen LogP contribution is -2.51. The van der Waals surface area contributed by atoms with Gasteiger partial charge in [0.05, 0.1) is 28.7 Å². The van der Waals surface area contributed by atoms with Gasteiger partial charge in [-0.15, -0.1) is 0 Å². The lowest BCUT2D eigenvalue weighted by molar-refractivity contribution is -0.789. The zero-order valence-corrected chi connectivity index (χ0v) is 43.5. The molecule has 4 aliphatic heterocycles. The van der Waals surface area contributed by atoms with Crippen LogP contribution in [-0.2, 0) is 9.53 Å². The fourth-order valence-corrected chi connectivity index (χ4v) is 10.9. The smallest absolute Gasteiger partial charge is 0.262 e. The fourth-order valence-electron chi connectivity index (χ4n) is 10.9. The number of fused-ring (bicyclic) bond motifs is 2. The van der Waals surface area contributed by atoms with Gasteiger partial charge in [-0.3, -0.25) is 4.79 Å². The Morgan fingerprint density at radius 1 is 0.838 bits per heavy atom. The predicted octanol–water partition coefficient (Wildman–Crippen LogP) is 3.88. The molecule has 2 bridgehead atoms. The summed E-state index contributed by atoms with van der Waals surface area (Å²) in [6.07, 6.45) is 1.09. The first-order valence-corrected chi connectivity index (χ1v) is 25.9. The van der Waals surface area contributed by atoms with Crippen LogP contribution in [0.5, 0.6) is 11.5 Å². The topological polar surface area (TPSA) is 226 Å². The van der Waals surface area contributed by atoms with Crippen LogP contribution in [0, 0.1) is 40.5 Å². The van der Waals surface area contributed by atoms with Gasteiger partial charge in [0.25, 0.3) is 5.69 Å². The van der Waals surface area contributed by atoms with E-state index in [0.29, 0.717) is 122 Å². The van der Waals surface area contributed by atoms with Crippen molar-refractivity contribution < 1.29 is 43.0 Å². The number of ether oxygens (including phenoxy) is 3. The van der Waals surface area contributed by atoms with Crippen molar-refractivity contribution in [2.24, 2.45) is 5.92 Å². The Bertz CT molecular complexity index is 2950. The standard InChI is InChI=1S/C54H69N12O8/c1-31-50(60-51(37-9-8-10-44(20-37)71-29-42(67)26-55-6)61-53(31)63-13-15-64(16-14-63)54(69)36-11-17-70-18-12-36)49-33(3)66(74-35(49)5)40-19-38(21-45(23-40)72-30-43(68)27-56-7)52-58-46(48-32(2)62-73-34(48)4)24-47(59-52)65-28-39-22-41(65)25-57-39/h8-10,19-21,23-24,36,39,41-43,55-57,67-68H,11-18,22,25-30H2,1-7H3/q+1. The number of piperazine rings is 2. The summed E-state index contributed by atoms with van der Waals surface area (Å²) in [6, 6.07) is 16.1. The van der Waals surface area contributed by atoms with Crippen LogP contribution >= 0.6 is 0 Å². The number of likely N-dealkylation sites (N-methyl/N-ethyl adjacent to an activating group) is 2. The van der Waals surface area contributed by atoms with Gasteiger partial charge in [-0.05, 0) is 72.3 Å². The molecular weight excluding hydrogens is 945 g/mol. The van der Waals surface area contributed by atoms with E-state index in [4.69, 9.17) is 43.2 Å². The summed E-state index contributed by atoms with van der Waals surface area (Å²) in [7, 11) is 3.57. The van der Waals surface area contributed by atoms with E-state index in [-0.39, 0.29) is 25.0 Å². The molecule has 4 fully saturated rings. The third-order valence-electron chi connectivity index (χ3n) is 14.7. The second-order valence-electron chi connectivity index (χ2n) is 20.0. The van der Waals surface area contributed by atoms with E-state index in [1.807, 2.05) is 88.0 Å². The van der Waals surface area contributed by atoms with Gasteiger partial charge in [0.2, 0.25) is 11.6 Å². The third kappa shape index (κ3) is 10.7. The summed E-state index contributed by atoms with van der Waals surface area (Å²) in [4.78, 5) is 41.3. The van der Waals surface area contributed by atoms with Crippen molar-refractivity contribution in [3.8, 4) is 62.5 Å². The third-order valence-corrected chi connectivity index (χ3v) is 14.7. The van der Waals surface area contributed by atoms with Crippen molar-refractivity contribution >= 4 is 17.5 Å². The maximum atomic E-state index is 13.6. The number of aliphatic hydroxyl groups excluding tert-OH is 2. The number of carbonyl (C=O) groups excluding carboxylic acids is 1. The minimum absolute atomic E-state index is 0.0127. The van der Waals surface area contributed by atoms with Crippen LogP contribution < -0.4 is 40.0 Å². The lowest BCUT2D eigenvalue weighted by Gasteiger charge is -2.38. The molecule has 4 aromatic heterocycles. The molecule has 8 heterocycles. The number of benzene rings is 2. The van der Waals surface area contributed by atoms with E-state index >= 15 is 0 Å². The molecule has 4 saturated heterocycles. The van der Waals surface area contributed by atoms with Crippen molar-refractivity contribution in [2.75, 3.05) is 103 Å². The highest BCUT2D eigenvalue weighted by Gasteiger charge is 2.39. The lowest BCUT2D eigenvalue weighted by atomic mass is 9.98. The van der Waals surface area contributed by atoms with E-state index in [2.05, 4.69) is 30.9 Å². The van der Waals surface area contributed by atoms with Crippen LogP contribution in [0.3, 0.4) is 0 Å². The molecule has 4 aliphatic rings. The quantitative estimate of drug-likeness (QED) is 0.0771. The van der Waals surface area contributed by atoms with Gasteiger partial charge in [0, 0.05) is 131 Å². The number of carbonyl (C=O) groups is 1. The highest BCUT2D eigenvalue weighted by Crippen LogP contribution is 2.38. The van der Waals surface area contributed by atoms with Crippen LogP contribution in [0.2, 0.25) is 0 Å². The first-order chi connectivity index (χ1) is 35.8. The average molecular weight is 1010 g/mol. The number of nitrogens with zero attached hydrogens (tertiary/aromatic N) is 9. The first kappa shape index (κ1) is 51.0. The number of anilines is 2. The first-order valence-electron chi connectivity index (χ1n) is 25.9. The van der Waals surface area contributed by atoms with E-state index < -0.39 is 12.2 Å². The molecule has 392 valence electrons. The van der Waals surface area contributed by atoms with Crippen LogP contribution in [0.1, 0.15) is 47.7 Å². The molecule has 0 spiro atoms. The van der Waals surface area contributed by atoms with Gasteiger partial charge in [-0.2, -0.15) is 0 Å². The number of amides is 1. The molecule has 2 aromatic carbocycles. The number of hydrogen-bond acceptors (Lipinski definition) is 18. The highest BCUT2D eigenvalue weighted by atomic mass is 16.5. The molecular formula is C54H69N12O8+. The van der Waals surface area contributed by atoms with Crippen molar-refractivity contribution in [3.05, 3.63) is 77.0 Å². The Hall–Kier alpha value is -6.55. The largest absolute Gasteiger partial charge is 0.491 e. The number of rotatable bonds is 18. The van der Waals surface area contributed by atoms with Gasteiger partial charge in [0.15, 0.2) is 17.4 Å². The van der Waals surface area contributed by atoms with Crippen molar-refractivity contribution in [3.63, 3.8) is 0 Å². The predicted molar refractivity (Wildman–Crippen MR) is 278 cm³/mol. The second-order valence-corrected chi connectivity index (χ2v) is 20.0. The number of hydrogen-bond donors (Lipinski definition) is 5. The van der Waals surface area contributed by atoms with Crippen LogP contribution in [0.25, 0.3) is 51.0 Å². The Labute approximate surface area is 431 Å². The summed E-state index contributed by atoms with van der Waals surface area (Å²) in [5.74, 6) is 5.09. The van der Waals surface area contributed by atoms with Gasteiger partial charge in [0.1, 0.15) is 59.9 Å². The number of aliphatic hydroxyl groups is 2. The van der Waals surface area contributed by atoms with Gasteiger partial charge in [-0.25, -0.2) is 24.5 Å². The molecule has 0 saturated carbocycles. The molecule has 6 aromatic rings. The van der Waals surface area contributed by atoms with Gasteiger partial charge >= 0.3 is 0 Å². The molecule has 1 amide bonds.